The first-order valence-corrected chi connectivity index (χ1v) is 14.3. The average Bonchev–Trinajstić information content (AvgIpc) is 3.11. The molecule has 3 saturated carbocycles. The van der Waals surface area contributed by atoms with E-state index < -0.39 is 46.9 Å². The number of rotatable bonds is 8. The highest BCUT2D eigenvalue weighted by Gasteiger charge is 2.70. The normalized spacial score (nSPS) is 40.2. The fourth-order valence-corrected chi connectivity index (χ4v) is 8.50. The molecule has 1 N–H and O–H groups in total. The van der Waals surface area contributed by atoms with Crippen molar-refractivity contribution in [3.63, 3.8) is 0 Å². The molecule has 4 aliphatic carbocycles. The zero-order valence-electron chi connectivity index (χ0n) is 22.3. The van der Waals surface area contributed by atoms with Gasteiger partial charge in [0.1, 0.15) is 6.61 Å². The van der Waals surface area contributed by atoms with Crippen LogP contribution in [-0.2, 0) is 33.4 Å². The minimum Gasteiger partial charge on any atom is -0.457 e. The molecule has 4 rings (SSSR count). The van der Waals surface area contributed by atoms with Crippen LogP contribution in [-0.4, -0.2) is 72.6 Å². The fraction of sp³-hybridized carbons (Fsp3) is 0.714. The maximum absolute atomic E-state index is 13.8. The Hall–Kier alpha value is -1.97. The van der Waals surface area contributed by atoms with Crippen LogP contribution in [0.25, 0.3) is 0 Å². The third-order valence-electron chi connectivity index (χ3n) is 9.56. The van der Waals surface area contributed by atoms with Crippen molar-refractivity contribution >= 4 is 35.3 Å². The number of hydrogen-bond donors (Lipinski definition) is 1. The summed E-state index contributed by atoms with van der Waals surface area (Å²) >= 11 is 1.30. The SMILES string of the molecule is COCC(=O)O[C@]1(C(=O)COC(=O)CSC)CC[C@H]2[C@@H]3C[C@H](C)C4=CC(=O)C=C[C@]4(C)[C@H]3[C@@H](O)C[C@@]21C. The highest BCUT2D eigenvalue weighted by atomic mass is 32.2. The second-order valence-corrected chi connectivity index (χ2v) is 12.4. The van der Waals surface area contributed by atoms with Crippen LogP contribution in [0.5, 0.6) is 0 Å². The van der Waals surface area contributed by atoms with Gasteiger partial charge in [0.05, 0.1) is 11.9 Å². The smallest absolute Gasteiger partial charge is 0.333 e. The van der Waals surface area contributed by atoms with Gasteiger partial charge in [0.2, 0.25) is 5.78 Å². The van der Waals surface area contributed by atoms with E-state index in [1.165, 1.54) is 18.9 Å². The Labute approximate surface area is 222 Å². The summed E-state index contributed by atoms with van der Waals surface area (Å²) < 4.78 is 16.2. The molecule has 0 spiro atoms. The lowest BCUT2D eigenvalue weighted by atomic mass is 9.44. The number of ether oxygens (including phenoxy) is 3. The number of carbonyl (C=O) groups excluding carboxylic acids is 4. The molecule has 9 heteroatoms. The van der Waals surface area contributed by atoms with E-state index >= 15 is 0 Å². The number of aliphatic hydroxyl groups excluding tert-OH is 1. The molecule has 0 aromatic heterocycles. The van der Waals surface area contributed by atoms with Gasteiger partial charge in [0, 0.05) is 23.9 Å². The predicted octanol–water partition coefficient (Wildman–Crippen LogP) is 2.91. The second-order valence-electron chi connectivity index (χ2n) is 11.5. The highest BCUT2D eigenvalue weighted by molar-refractivity contribution is 7.99. The van der Waals surface area contributed by atoms with Gasteiger partial charge < -0.3 is 19.3 Å². The quantitative estimate of drug-likeness (QED) is 0.469. The maximum Gasteiger partial charge on any atom is 0.333 e. The Morgan fingerprint density at radius 1 is 1.19 bits per heavy atom. The van der Waals surface area contributed by atoms with Gasteiger partial charge >= 0.3 is 11.9 Å². The number of allylic oxidation sites excluding steroid dienone is 4. The van der Waals surface area contributed by atoms with Crippen molar-refractivity contribution in [2.75, 3.05) is 32.3 Å². The molecule has 0 bridgehead atoms. The van der Waals surface area contributed by atoms with Crippen molar-refractivity contribution in [1.29, 1.82) is 0 Å². The number of aliphatic hydroxyl groups is 1. The summed E-state index contributed by atoms with van der Waals surface area (Å²) in [5.74, 6) is -1.48. The Bertz CT molecular complexity index is 1040. The molecule has 3 fully saturated rings. The molecule has 0 saturated heterocycles. The standard InChI is InChI=1S/C28H38O8S/c1-16-10-18-19-7-9-28(36-23(32)14-34-4,22(31)13-35-24(33)15-37-5)27(19,3)12-21(30)25(18)26(2)8-6-17(29)11-20(16)26/h6,8,11,16,18-19,21,25,30H,7,9-10,12-15H2,1-5H3/t16-,18-,19-,21-,25+,26-,27-,28-/m0/s1. The summed E-state index contributed by atoms with van der Waals surface area (Å²) in [5, 5.41) is 11.7. The van der Waals surface area contributed by atoms with Crippen molar-refractivity contribution in [1.82, 2.24) is 0 Å². The van der Waals surface area contributed by atoms with E-state index in [4.69, 9.17) is 14.2 Å². The van der Waals surface area contributed by atoms with Gasteiger partial charge in [-0.3, -0.25) is 14.4 Å². The van der Waals surface area contributed by atoms with Crippen molar-refractivity contribution in [2.24, 2.45) is 34.5 Å². The summed E-state index contributed by atoms with van der Waals surface area (Å²) in [6, 6.07) is 0. The van der Waals surface area contributed by atoms with Crippen molar-refractivity contribution < 1.29 is 38.5 Å². The summed E-state index contributed by atoms with van der Waals surface area (Å²) in [6.45, 7) is 5.35. The van der Waals surface area contributed by atoms with Crippen molar-refractivity contribution in [3.05, 3.63) is 23.8 Å². The Morgan fingerprint density at radius 3 is 2.59 bits per heavy atom. The number of esters is 2. The third-order valence-corrected chi connectivity index (χ3v) is 10.1. The lowest BCUT2D eigenvalue weighted by Gasteiger charge is -2.61. The van der Waals surface area contributed by atoms with Crippen LogP contribution < -0.4 is 0 Å². The van der Waals surface area contributed by atoms with Gasteiger partial charge in [-0.25, -0.2) is 4.79 Å². The number of ketones is 2. The predicted molar refractivity (Wildman–Crippen MR) is 138 cm³/mol. The van der Waals surface area contributed by atoms with E-state index in [1.807, 2.05) is 13.0 Å². The first kappa shape index (κ1) is 28.0. The largest absolute Gasteiger partial charge is 0.457 e. The highest BCUT2D eigenvalue weighted by Crippen LogP contribution is 2.68. The van der Waals surface area contributed by atoms with Gasteiger partial charge in [-0.1, -0.05) is 32.4 Å². The molecular weight excluding hydrogens is 496 g/mol. The Kier molecular flexibility index (Phi) is 7.81. The van der Waals surface area contributed by atoms with Crippen molar-refractivity contribution in [2.45, 2.75) is 58.2 Å². The molecule has 0 aromatic carbocycles. The van der Waals surface area contributed by atoms with Crippen LogP contribution in [0.1, 0.15) is 46.5 Å². The van der Waals surface area contributed by atoms with Gasteiger partial charge in [-0.2, -0.15) is 11.8 Å². The molecule has 8 atom stereocenters. The number of methoxy groups -OCH3 is 1. The molecule has 0 amide bonds. The summed E-state index contributed by atoms with van der Waals surface area (Å²) in [5.41, 5.74) is -1.80. The molecule has 0 radical (unpaired) electrons. The van der Waals surface area contributed by atoms with Gasteiger partial charge in [0.15, 0.2) is 18.0 Å². The summed E-state index contributed by atoms with van der Waals surface area (Å²) in [7, 11) is 1.38. The summed E-state index contributed by atoms with van der Waals surface area (Å²) in [4.78, 5) is 50.7. The van der Waals surface area contributed by atoms with Crippen molar-refractivity contribution in [3.8, 4) is 0 Å². The Morgan fingerprint density at radius 2 is 1.92 bits per heavy atom. The van der Waals surface area contributed by atoms with Gasteiger partial charge in [-0.15, -0.1) is 0 Å². The van der Waals surface area contributed by atoms with Crippen LogP contribution in [0.15, 0.2) is 23.8 Å². The van der Waals surface area contributed by atoms with Crippen LogP contribution in [0.4, 0.5) is 0 Å². The molecule has 0 unspecified atom stereocenters. The van der Waals surface area contributed by atoms with Crippen LogP contribution in [0.3, 0.4) is 0 Å². The maximum atomic E-state index is 13.8. The lowest BCUT2D eigenvalue weighted by molar-refractivity contribution is -0.203. The molecule has 4 aliphatic rings. The number of hydrogen-bond acceptors (Lipinski definition) is 9. The van der Waals surface area contributed by atoms with Crippen LogP contribution in [0, 0.1) is 34.5 Å². The second kappa shape index (κ2) is 10.3. The third kappa shape index (κ3) is 4.51. The molecule has 37 heavy (non-hydrogen) atoms. The molecular formula is C28H38O8S. The minimum absolute atomic E-state index is 0.00560. The average molecular weight is 535 g/mol. The zero-order valence-corrected chi connectivity index (χ0v) is 23.1. The van der Waals surface area contributed by atoms with Gasteiger partial charge in [0.25, 0.3) is 0 Å². The number of fused-ring (bicyclic) bond motifs is 5. The molecule has 204 valence electrons. The van der Waals surface area contributed by atoms with E-state index in [9.17, 15) is 24.3 Å². The van der Waals surface area contributed by atoms with E-state index in [2.05, 4.69) is 13.8 Å². The number of carbonyl (C=O) groups is 4. The van der Waals surface area contributed by atoms with Crippen LogP contribution in [0.2, 0.25) is 0 Å². The van der Waals surface area contributed by atoms with E-state index in [-0.39, 0.29) is 48.2 Å². The van der Waals surface area contributed by atoms with E-state index in [1.54, 1.807) is 18.4 Å². The fourth-order valence-electron chi connectivity index (χ4n) is 8.18. The number of Topliss-reactive ketones (excluding diaryl/α,β-unsaturated/α-hetero) is 1. The minimum atomic E-state index is -1.53. The van der Waals surface area contributed by atoms with E-state index in [0.717, 1.165) is 12.0 Å². The molecule has 0 aromatic rings. The molecule has 0 aliphatic heterocycles. The van der Waals surface area contributed by atoms with E-state index in [0.29, 0.717) is 12.8 Å². The topological polar surface area (TPSA) is 116 Å². The molecule has 8 nitrogen and oxygen atoms in total. The van der Waals surface area contributed by atoms with Crippen LogP contribution >= 0.6 is 11.8 Å². The lowest BCUT2D eigenvalue weighted by Crippen LogP contribution is -2.63. The Balaban J connectivity index is 1.71. The number of thioether (sulfide) groups is 1. The summed E-state index contributed by atoms with van der Waals surface area (Å²) in [6.07, 6.45) is 8.20. The zero-order chi connectivity index (χ0) is 27.2. The first-order chi connectivity index (χ1) is 17.4. The molecule has 0 heterocycles. The van der Waals surface area contributed by atoms with Gasteiger partial charge in [-0.05, 0) is 61.8 Å². The first-order valence-electron chi connectivity index (χ1n) is 13.0. The monoisotopic (exact) mass is 534 g/mol.